The third-order valence-corrected chi connectivity index (χ3v) is 6.66. The van der Waals surface area contributed by atoms with Gasteiger partial charge in [-0.3, -0.25) is 10.1 Å². The van der Waals surface area contributed by atoms with E-state index in [0.717, 1.165) is 21.0 Å². The number of pyridine rings is 1. The maximum absolute atomic E-state index is 13.0. The van der Waals surface area contributed by atoms with Gasteiger partial charge >= 0.3 is 0 Å². The van der Waals surface area contributed by atoms with Crippen molar-refractivity contribution in [3.63, 3.8) is 0 Å². The number of carbonyl (C=O) groups excluding carboxylic acids is 1. The first-order chi connectivity index (χ1) is 14.0. The van der Waals surface area contributed by atoms with Crippen molar-refractivity contribution in [1.82, 2.24) is 15.2 Å². The van der Waals surface area contributed by atoms with E-state index in [1.54, 1.807) is 30.0 Å². The van der Waals surface area contributed by atoms with E-state index in [0.29, 0.717) is 32.0 Å². The SMILES string of the molecule is CCSc1nnc(NC(=O)c2cc(-c3ccc(Cl)c(Cl)c3)nc3ccccc23)s1. The van der Waals surface area contributed by atoms with Crippen molar-refractivity contribution < 1.29 is 4.79 Å². The molecule has 0 aliphatic rings. The maximum atomic E-state index is 13.0. The van der Waals surface area contributed by atoms with Crippen LogP contribution in [-0.4, -0.2) is 26.8 Å². The zero-order valence-corrected chi connectivity index (χ0v) is 18.3. The first kappa shape index (κ1) is 20.1. The molecule has 2 aromatic carbocycles. The first-order valence-corrected chi connectivity index (χ1v) is 11.2. The Hall–Kier alpha value is -2.19. The van der Waals surface area contributed by atoms with Crippen LogP contribution in [-0.2, 0) is 0 Å². The van der Waals surface area contributed by atoms with Crippen molar-refractivity contribution in [2.24, 2.45) is 0 Å². The van der Waals surface area contributed by atoms with Crippen molar-refractivity contribution in [2.75, 3.05) is 11.1 Å². The highest BCUT2D eigenvalue weighted by Gasteiger charge is 2.16. The number of carbonyl (C=O) groups is 1. The Kier molecular flexibility index (Phi) is 6.01. The average molecular weight is 461 g/mol. The van der Waals surface area contributed by atoms with Gasteiger partial charge < -0.3 is 0 Å². The summed E-state index contributed by atoms with van der Waals surface area (Å²) in [5.41, 5.74) is 2.61. The quantitative estimate of drug-likeness (QED) is 0.274. The highest BCUT2D eigenvalue weighted by molar-refractivity contribution is 8.01. The second kappa shape index (κ2) is 8.67. The molecule has 0 aliphatic heterocycles. The number of para-hydroxylation sites is 1. The first-order valence-electron chi connectivity index (χ1n) is 8.68. The van der Waals surface area contributed by atoms with Crippen LogP contribution in [0.2, 0.25) is 10.0 Å². The van der Waals surface area contributed by atoms with Crippen LogP contribution in [0, 0.1) is 0 Å². The molecule has 0 aliphatic carbocycles. The number of nitrogens with zero attached hydrogens (tertiary/aromatic N) is 3. The van der Waals surface area contributed by atoms with E-state index in [1.807, 2.05) is 37.3 Å². The zero-order valence-electron chi connectivity index (χ0n) is 15.1. The summed E-state index contributed by atoms with van der Waals surface area (Å²) in [4.78, 5) is 17.7. The number of amides is 1. The third-order valence-electron chi connectivity index (χ3n) is 4.07. The van der Waals surface area contributed by atoms with E-state index in [9.17, 15) is 4.79 Å². The lowest BCUT2D eigenvalue weighted by atomic mass is 10.0. The summed E-state index contributed by atoms with van der Waals surface area (Å²) in [7, 11) is 0. The summed E-state index contributed by atoms with van der Waals surface area (Å²) in [6, 6.07) is 14.5. The fraction of sp³-hybridized carbons (Fsp3) is 0.100. The second-order valence-corrected chi connectivity index (χ2v) is 9.26. The number of rotatable bonds is 5. The standard InChI is InChI=1S/C20H14Cl2N4OS2/c1-2-28-20-26-25-19(29-20)24-18(27)13-10-17(11-7-8-14(21)15(22)9-11)23-16-6-4-3-5-12(13)16/h3-10H,2H2,1H3,(H,24,25,27). The van der Waals surface area contributed by atoms with Gasteiger partial charge in [0.1, 0.15) is 0 Å². The number of anilines is 1. The Balaban J connectivity index is 1.75. The molecule has 1 N–H and O–H groups in total. The topological polar surface area (TPSA) is 67.8 Å². The lowest BCUT2D eigenvalue weighted by Crippen LogP contribution is -2.13. The summed E-state index contributed by atoms with van der Waals surface area (Å²) in [5.74, 6) is 0.624. The lowest BCUT2D eigenvalue weighted by molar-refractivity contribution is 0.102. The van der Waals surface area contributed by atoms with Crippen LogP contribution in [0.5, 0.6) is 0 Å². The Labute approximate surface area is 185 Å². The zero-order chi connectivity index (χ0) is 20.4. The smallest absolute Gasteiger partial charge is 0.258 e. The molecular formula is C20H14Cl2N4OS2. The number of benzene rings is 2. The Morgan fingerprint density at radius 2 is 1.93 bits per heavy atom. The molecule has 2 heterocycles. The molecule has 0 saturated heterocycles. The van der Waals surface area contributed by atoms with Gasteiger partial charge in [-0.15, -0.1) is 10.2 Å². The maximum Gasteiger partial charge on any atom is 0.258 e. The summed E-state index contributed by atoms with van der Waals surface area (Å²) in [6.07, 6.45) is 0. The highest BCUT2D eigenvalue weighted by atomic mass is 35.5. The molecule has 4 aromatic rings. The molecule has 2 aromatic heterocycles. The molecule has 0 unspecified atom stereocenters. The molecule has 0 fully saturated rings. The molecule has 0 atom stereocenters. The summed E-state index contributed by atoms with van der Waals surface area (Å²) in [5, 5.41) is 13.1. The number of thioether (sulfide) groups is 1. The summed E-state index contributed by atoms with van der Waals surface area (Å²) < 4.78 is 0.818. The third kappa shape index (κ3) is 4.38. The molecule has 0 spiro atoms. The van der Waals surface area contributed by atoms with Gasteiger partial charge in [-0.1, -0.05) is 77.5 Å². The normalized spacial score (nSPS) is 11.0. The average Bonchev–Trinajstić information content (AvgIpc) is 3.16. The molecule has 29 heavy (non-hydrogen) atoms. The Bertz CT molecular complexity index is 1210. The number of hydrogen-bond donors (Lipinski definition) is 1. The minimum atomic E-state index is -0.269. The van der Waals surface area contributed by atoms with Crippen LogP contribution in [0.3, 0.4) is 0 Å². The van der Waals surface area contributed by atoms with E-state index in [2.05, 4.69) is 20.5 Å². The molecule has 9 heteroatoms. The highest BCUT2D eigenvalue weighted by Crippen LogP contribution is 2.31. The van der Waals surface area contributed by atoms with E-state index in [4.69, 9.17) is 23.2 Å². The van der Waals surface area contributed by atoms with Gasteiger partial charge in [-0.05, 0) is 30.0 Å². The van der Waals surface area contributed by atoms with Gasteiger partial charge in [0.15, 0.2) is 4.34 Å². The van der Waals surface area contributed by atoms with Gasteiger partial charge in [0.2, 0.25) is 5.13 Å². The Morgan fingerprint density at radius 3 is 2.72 bits per heavy atom. The Morgan fingerprint density at radius 1 is 1.10 bits per heavy atom. The van der Waals surface area contributed by atoms with E-state index in [-0.39, 0.29) is 5.91 Å². The molecule has 146 valence electrons. The van der Waals surface area contributed by atoms with Crippen molar-refractivity contribution in [2.45, 2.75) is 11.3 Å². The van der Waals surface area contributed by atoms with Crippen LogP contribution in [0.25, 0.3) is 22.2 Å². The van der Waals surface area contributed by atoms with E-state index < -0.39 is 0 Å². The number of aromatic nitrogens is 3. The second-order valence-electron chi connectivity index (χ2n) is 5.96. The minimum absolute atomic E-state index is 0.269. The number of nitrogens with one attached hydrogen (secondary N) is 1. The van der Waals surface area contributed by atoms with Gasteiger partial charge in [-0.2, -0.15) is 0 Å². The molecule has 1 amide bonds. The minimum Gasteiger partial charge on any atom is -0.296 e. The van der Waals surface area contributed by atoms with Crippen LogP contribution in [0.4, 0.5) is 5.13 Å². The fourth-order valence-corrected chi connectivity index (χ4v) is 4.72. The monoisotopic (exact) mass is 460 g/mol. The predicted octanol–water partition coefficient (Wildman–Crippen LogP) is 6.42. The van der Waals surface area contributed by atoms with Crippen LogP contribution < -0.4 is 5.32 Å². The van der Waals surface area contributed by atoms with Crippen molar-refractivity contribution in [1.29, 1.82) is 0 Å². The van der Waals surface area contributed by atoms with E-state index >= 15 is 0 Å². The van der Waals surface area contributed by atoms with Crippen molar-refractivity contribution in [3.8, 4) is 11.3 Å². The van der Waals surface area contributed by atoms with Crippen molar-refractivity contribution >= 4 is 68.2 Å². The van der Waals surface area contributed by atoms with Crippen molar-refractivity contribution in [3.05, 3.63) is 64.1 Å². The molecule has 0 bridgehead atoms. The van der Waals surface area contributed by atoms with Gasteiger partial charge in [0.05, 0.1) is 26.8 Å². The lowest BCUT2D eigenvalue weighted by Gasteiger charge is -2.10. The van der Waals surface area contributed by atoms with Crippen LogP contribution in [0.1, 0.15) is 17.3 Å². The number of hydrogen-bond acceptors (Lipinski definition) is 6. The number of halogens is 2. The molecule has 0 saturated carbocycles. The largest absolute Gasteiger partial charge is 0.296 e. The summed E-state index contributed by atoms with van der Waals surface area (Å²) >= 11 is 15.1. The summed E-state index contributed by atoms with van der Waals surface area (Å²) in [6.45, 7) is 2.04. The predicted molar refractivity (Wildman–Crippen MR) is 121 cm³/mol. The van der Waals surface area contributed by atoms with Crippen LogP contribution in [0.15, 0.2) is 52.9 Å². The molecular weight excluding hydrogens is 447 g/mol. The molecule has 0 radical (unpaired) electrons. The number of fused-ring (bicyclic) bond motifs is 1. The van der Waals surface area contributed by atoms with E-state index in [1.165, 1.54) is 11.3 Å². The van der Waals surface area contributed by atoms with Gasteiger partial charge in [-0.25, -0.2) is 4.98 Å². The molecule has 4 rings (SSSR count). The van der Waals surface area contributed by atoms with Gasteiger partial charge in [0, 0.05) is 10.9 Å². The van der Waals surface area contributed by atoms with Crippen LogP contribution >= 0.6 is 46.3 Å². The molecule has 5 nitrogen and oxygen atoms in total. The van der Waals surface area contributed by atoms with Gasteiger partial charge in [0.25, 0.3) is 5.91 Å². The fourth-order valence-electron chi connectivity index (χ4n) is 2.77.